The summed E-state index contributed by atoms with van der Waals surface area (Å²) in [6.07, 6.45) is -2.91. The Morgan fingerprint density at radius 2 is 1.84 bits per heavy atom. The fourth-order valence-corrected chi connectivity index (χ4v) is 3.47. The number of nitrogens with zero attached hydrogens (tertiary/aromatic N) is 4. The lowest BCUT2D eigenvalue weighted by molar-refractivity contribution is -0.0467. The highest BCUT2D eigenvalue weighted by Gasteiger charge is 2.44. The minimum absolute atomic E-state index is 0.0871. The molecule has 14 heteroatoms. The number of ether oxygens (including phenoxy) is 1. The molecule has 1 aliphatic rings. The summed E-state index contributed by atoms with van der Waals surface area (Å²) >= 11 is 0. The number of hydrogen-bond acceptors (Lipinski definition) is 9. The van der Waals surface area contributed by atoms with Crippen LogP contribution in [0.4, 0.5) is 8.78 Å². The first kappa shape index (κ1) is 22.1. The van der Waals surface area contributed by atoms with Crippen LogP contribution in [0.15, 0.2) is 30.9 Å². The zero-order valence-corrected chi connectivity index (χ0v) is 16.8. The number of hydrogen-bond donors (Lipinski definition) is 3. The van der Waals surface area contributed by atoms with Crippen molar-refractivity contribution in [2.24, 2.45) is 5.14 Å². The molecule has 1 fully saturated rings. The van der Waals surface area contributed by atoms with Crippen molar-refractivity contribution in [2.45, 2.75) is 24.5 Å². The number of aromatic nitrogens is 4. The van der Waals surface area contributed by atoms with Gasteiger partial charge in [-0.15, -0.1) is 0 Å². The van der Waals surface area contributed by atoms with Crippen LogP contribution in [-0.2, 0) is 19.2 Å². The van der Waals surface area contributed by atoms with Gasteiger partial charge in [0.15, 0.2) is 11.9 Å². The Kier molecular flexibility index (Phi) is 5.86. The largest absolute Gasteiger partial charge is 0.387 e. The quantitative estimate of drug-likeness (QED) is 0.423. The molecule has 0 saturated carbocycles. The second-order valence-electron chi connectivity index (χ2n) is 6.78. The van der Waals surface area contributed by atoms with Crippen LogP contribution in [0.25, 0.3) is 11.2 Å². The van der Waals surface area contributed by atoms with Crippen LogP contribution in [0.1, 0.15) is 17.5 Å². The van der Waals surface area contributed by atoms with Crippen molar-refractivity contribution in [1.29, 1.82) is 0 Å². The number of aliphatic hydroxyl groups excluding tert-OH is 2. The van der Waals surface area contributed by atoms with Gasteiger partial charge in [-0.2, -0.15) is 8.42 Å². The van der Waals surface area contributed by atoms with Gasteiger partial charge in [0.05, 0.1) is 12.9 Å². The van der Waals surface area contributed by atoms with E-state index in [4.69, 9.17) is 9.88 Å². The minimum atomic E-state index is -4.27. The van der Waals surface area contributed by atoms with Crippen molar-refractivity contribution >= 4 is 21.5 Å². The Bertz CT molecular complexity index is 1320. The average Bonchev–Trinajstić information content (AvgIpc) is 3.25. The summed E-state index contributed by atoms with van der Waals surface area (Å²) in [4.78, 5) is 12.2. The second kappa shape index (κ2) is 8.47. The van der Waals surface area contributed by atoms with E-state index in [2.05, 4.69) is 31.0 Å². The normalized spacial score (nSPS) is 23.3. The number of fused-ring (bicyclic) bond motifs is 1. The van der Waals surface area contributed by atoms with E-state index in [9.17, 15) is 27.4 Å². The Morgan fingerprint density at radius 3 is 2.53 bits per heavy atom. The smallest absolute Gasteiger partial charge is 0.333 e. The number of benzene rings is 1. The number of imidazole rings is 1. The molecule has 11 nitrogen and oxygen atoms in total. The van der Waals surface area contributed by atoms with Gasteiger partial charge in [0.1, 0.15) is 47.5 Å². The number of halogens is 2. The van der Waals surface area contributed by atoms with Crippen molar-refractivity contribution in [2.75, 3.05) is 6.61 Å². The third-order valence-corrected chi connectivity index (χ3v) is 5.02. The van der Waals surface area contributed by atoms with Crippen molar-refractivity contribution < 1.29 is 36.3 Å². The maximum absolute atomic E-state index is 13.3. The van der Waals surface area contributed by atoms with Crippen molar-refractivity contribution in [3.8, 4) is 11.8 Å². The van der Waals surface area contributed by atoms with E-state index in [0.717, 1.165) is 24.5 Å². The molecule has 0 bridgehead atoms. The molecule has 2 aromatic heterocycles. The van der Waals surface area contributed by atoms with E-state index in [1.54, 1.807) is 0 Å². The molecule has 4 N–H and O–H groups in total. The van der Waals surface area contributed by atoms with Gasteiger partial charge in [0.2, 0.25) is 0 Å². The van der Waals surface area contributed by atoms with Gasteiger partial charge in [-0.05, 0) is 18.1 Å². The van der Waals surface area contributed by atoms with Crippen LogP contribution in [0.5, 0.6) is 0 Å². The Morgan fingerprint density at radius 1 is 1.12 bits per heavy atom. The fraction of sp³-hybridized carbons (Fsp3) is 0.278. The fourth-order valence-electron chi connectivity index (χ4n) is 3.15. The zero-order chi connectivity index (χ0) is 23.0. The molecule has 3 aromatic rings. The standard InChI is InChI=1S/C18H15F2N5O6S/c19-10-3-9(4-11(20)5-10)1-2-12-14-17(23-7-22-12)25(8-24-14)18-16(27)15(26)13(31-18)6-30-32(21,28)29/h3-5,7-8,13,15-16,18,26-27H,6H2,(H2,21,28,29)/t13-,15-,16-,18-/m1/s1. The first-order valence-electron chi connectivity index (χ1n) is 8.97. The molecule has 0 amide bonds. The maximum atomic E-state index is 13.3. The Labute approximate surface area is 179 Å². The summed E-state index contributed by atoms with van der Waals surface area (Å²) in [5.41, 5.74) is 0.606. The van der Waals surface area contributed by atoms with Crippen molar-refractivity contribution in [3.63, 3.8) is 0 Å². The van der Waals surface area contributed by atoms with Crippen LogP contribution in [0.3, 0.4) is 0 Å². The monoisotopic (exact) mass is 467 g/mol. The lowest BCUT2D eigenvalue weighted by Gasteiger charge is -2.16. The van der Waals surface area contributed by atoms with Gasteiger partial charge in [0.25, 0.3) is 0 Å². The lowest BCUT2D eigenvalue weighted by atomic mass is 10.1. The first-order valence-corrected chi connectivity index (χ1v) is 10.4. The van der Waals surface area contributed by atoms with Gasteiger partial charge in [-0.25, -0.2) is 28.9 Å². The summed E-state index contributed by atoms with van der Waals surface area (Å²) in [6.45, 7) is -0.615. The van der Waals surface area contributed by atoms with Gasteiger partial charge in [0, 0.05) is 11.6 Å². The van der Waals surface area contributed by atoms with Crippen LogP contribution in [0, 0.1) is 23.5 Å². The number of rotatable bonds is 4. The molecule has 32 heavy (non-hydrogen) atoms. The molecule has 0 unspecified atom stereocenters. The summed E-state index contributed by atoms with van der Waals surface area (Å²) in [7, 11) is -4.27. The Balaban J connectivity index is 1.63. The van der Waals surface area contributed by atoms with E-state index in [1.165, 1.54) is 10.9 Å². The van der Waals surface area contributed by atoms with Crippen molar-refractivity contribution in [3.05, 3.63) is 53.7 Å². The van der Waals surface area contributed by atoms with Crippen molar-refractivity contribution in [1.82, 2.24) is 19.5 Å². The molecule has 0 aliphatic carbocycles. The van der Waals surface area contributed by atoms with E-state index in [0.29, 0.717) is 0 Å². The second-order valence-corrected chi connectivity index (χ2v) is 8.00. The zero-order valence-electron chi connectivity index (χ0n) is 16.0. The van der Waals surface area contributed by atoms with Gasteiger partial charge >= 0.3 is 10.3 Å². The van der Waals surface area contributed by atoms with E-state index < -0.39 is 53.1 Å². The first-order chi connectivity index (χ1) is 15.1. The Hall–Kier alpha value is -3.06. The molecule has 1 aromatic carbocycles. The predicted molar refractivity (Wildman–Crippen MR) is 103 cm³/mol. The maximum Gasteiger partial charge on any atom is 0.333 e. The van der Waals surface area contributed by atoms with Crippen LogP contribution in [-0.4, -0.2) is 63.1 Å². The SMILES string of the molecule is NS(=O)(=O)OC[C@H]1O[C@@H](n2cnc3c(C#Cc4cc(F)cc(F)c4)ncnc32)[C@H](O)[C@@H]1O. The molecule has 168 valence electrons. The van der Waals surface area contributed by atoms with Crippen LogP contribution in [0.2, 0.25) is 0 Å². The summed E-state index contributed by atoms with van der Waals surface area (Å²) in [5, 5.41) is 25.3. The van der Waals surface area contributed by atoms with Gasteiger partial charge in [-0.3, -0.25) is 8.75 Å². The molecule has 1 saturated heterocycles. The molecule has 0 radical (unpaired) electrons. The summed E-state index contributed by atoms with van der Waals surface area (Å²) in [6, 6.07) is 2.83. The van der Waals surface area contributed by atoms with Gasteiger partial charge < -0.3 is 14.9 Å². The highest BCUT2D eigenvalue weighted by Crippen LogP contribution is 2.31. The summed E-state index contributed by atoms with van der Waals surface area (Å²) < 4.78 is 59.9. The van der Waals surface area contributed by atoms with Gasteiger partial charge in [-0.1, -0.05) is 5.92 Å². The minimum Gasteiger partial charge on any atom is -0.387 e. The highest BCUT2D eigenvalue weighted by atomic mass is 32.2. The molecular formula is C18H15F2N5O6S. The molecular weight excluding hydrogens is 452 g/mol. The molecule has 4 atom stereocenters. The number of nitrogens with two attached hydrogens (primary N) is 1. The lowest BCUT2D eigenvalue weighted by Crippen LogP contribution is -2.35. The number of aliphatic hydroxyl groups is 2. The average molecular weight is 467 g/mol. The highest BCUT2D eigenvalue weighted by molar-refractivity contribution is 7.84. The molecule has 1 aliphatic heterocycles. The topological polar surface area (TPSA) is 163 Å². The predicted octanol–water partition coefficient (Wildman–Crippen LogP) is -0.656. The van der Waals surface area contributed by atoms with E-state index >= 15 is 0 Å². The molecule has 0 spiro atoms. The summed E-state index contributed by atoms with van der Waals surface area (Å²) in [5.74, 6) is 3.70. The molecule has 3 heterocycles. The van der Waals surface area contributed by atoms with E-state index in [-0.39, 0.29) is 22.4 Å². The third kappa shape index (κ3) is 4.58. The van der Waals surface area contributed by atoms with Crippen LogP contribution >= 0.6 is 0 Å². The molecule has 4 rings (SSSR count). The van der Waals surface area contributed by atoms with E-state index in [1.807, 2.05) is 0 Å². The van der Waals surface area contributed by atoms with Crippen LogP contribution < -0.4 is 5.14 Å². The third-order valence-electron chi connectivity index (χ3n) is 4.55.